The molecule has 1 unspecified atom stereocenters. The molecule has 88 valence electrons. The lowest BCUT2D eigenvalue weighted by atomic mass is 10.0. The van der Waals surface area contributed by atoms with Gasteiger partial charge in [-0.2, -0.15) is 0 Å². The van der Waals surface area contributed by atoms with Crippen LogP contribution in [-0.2, 0) is 0 Å². The van der Waals surface area contributed by atoms with Gasteiger partial charge in [-0.15, -0.1) is 0 Å². The van der Waals surface area contributed by atoms with Crippen molar-refractivity contribution >= 4 is 15.9 Å². The molecular formula is C12H11BrFN3. The molecule has 0 aliphatic heterocycles. The van der Waals surface area contributed by atoms with Crippen LogP contribution in [0.15, 0.2) is 41.4 Å². The van der Waals surface area contributed by atoms with E-state index in [9.17, 15) is 4.39 Å². The molecule has 5 heteroatoms. The van der Waals surface area contributed by atoms with Crippen LogP contribution in [0.5, 0.6) is 0 Å². The summed E-state index contributed by atoms with van der Waals surface area (Å²) in [5.74, 6) is -0.272. The minimum atomic E-state index is -0.272. The molecule has 0 amide bonds. The summed E-state index contributed by atoms with van der Waals surface area (Å²) in [5, 5.41) is 3.12. The number of benzene rings is 1. The number of rotatable bonds is 3. The second-order valence-corrected chi connectivity index (χ2v) is 4.51. The average molecular weight is 296 g/mol. The highest BCUT2D eigenvalue weighted by molar-refractivity contribution is 9.10. The van der Waals surface area contributed by atoms with Crippen LogP contribution < -0.4 is 5.32 Å². The highest BCUT2D eigenvalue weighted by Crippen LogP contribution is 2.24. The van der Waals surface area contributed by atoms with E-state index >= 15 is 0 Å². The zero-order valence-electron chi connectivity index (χ0n) is 9.19. The fourth-order valence-corrected chi connectivity index (χ4v) is 2.21. The minimum Gasteiger partial charge on any atom is -0.309 e. The number of aromatic nitrogens is 2. The van der Waals surface area contributed by atoms with E-state index in [1.807, 2.05) is 13.1 Å². The monoisotopic (exact) mass is 295 g/mol. The highest BCUT2D eigenvalue weighted by atomic mass is 79.9. The summed E-state index contributed by atoms with van der Waals surface area (Å²) in [5.41, 5.74) is 1.72. The fourth-order valence-electron chi connectivity index (χ4n) is 1.73. The molecule has 0 radical (unpaired) electrons. The predicted octanol–water partition coefficient (Wildman–Crippen LogP) is 2.69. The molecule has 0 saturated heterocycles. The van der Waals surface area contributed by atoms with Crippen LogP contribution in [-0.4, -0.2) is 17.0 Å². The Bertz CT molecular complexity index is 484. The summed E-state index contributed by atoms with van der Waals surface area (Å²) in [7, 11) is 1.82. The third-order valence-corrected chi connectivity index (χ3v) is 2.88. The maximum absolute atomic E-state index is 13.4. The molecule has 1 heterocycles. The van der Waals surface area contributed by atoms with E-state index in [-0.39, 0.29) is 11.9 Å². The molecule has 2 rings (SSSR count). The first-order valence-corrected chi connectivity index (χ1v) is 5.88. The van der Waals surface area contributed by atoms with E-state index in [0.29, 0.717) is 4.47 Å². The minimum absolute atomic E-state index is 0.122. The molecule has 0 bridgehead atoms. The molecule has 1 atom stereocenters. The first kappa shape index (κ1) is 12.1. The van der Waals surface area contributed by atoms with Crippen molar-refractivity contribution in [3.05, 3.63) is 58.3 Å². The van der Waals surface area contributed by atoms with Gasteiger partial charge in [-0.1, -0.05) is 15.9 Å². The molecule has 0 aliphatic carbocycles. The molecule has 0 fully saturated rings. The smallest absolute Gasteiger partial charge is 0.124 e. The molecule has 2 aromatic rings. The topological polar surface area (TPSA) is 37.8 Å². The van der Waals surface area contributed by atoms with Crippen molar-refractivity contribution in [3.63, 3.8) is 0 Å². The number of hydrogen-bond acceptors (Lipinski definition) is 3. The molecule has 0 spiro atoms. The van der Waals surface area contributed by atoms with Gasteiger partial charge in [0.15, 0.2) is 0 Å². The molecular weight excluding hydrogens is 285 g/mol. The van der Waals surface area contributed by atoms with Crippen molar-refractivity contribution in [2.24, 2.45) is 0 Å². The first-order valence-electron chi connectivity index (χ1n) is 5.09. The Morgan fingerprint density at radius 1 is 1.18 bits per heavy atom. The third kappa shape index (κ3) is 2.87. The lowest BCUT2D eigenvalue weighted by Crippen LogP contribution is -2.18. The molecule has 17 heavy (non-hydrogen) atoms. The standard InChI is InChI=1S/C12H11BrFN3/c1-15-12(9-5-16-7-17-6-9)8-2-10(13)4-11(14)3-8/h2-7,12,15H,1H3. The van der Waals surface area contributed by atoms with Crippen LogP contribution in [0.2, 0.25) is 0 Å². The van der Waals surface area contributed by atoms with Gasteiger partial charge in [-0.25, -0.2) is 14.4 Å². The van der Waals surface area contributed by atoms with E-state index in [1.54, 1.807) is 12.4 Å². The second kappa shape index (κ2) is 5.33. The Kier molecular flexibility index (Phi) is 3.81. The van der Waals surface area contributed by atoms with Gasteiger partial charge in [-0.3, -0.25) is 0 Å². The van der Waals surface area contributed by atoms with E-state index in [1.165, 1.54) is 18.5 Å². The Morgan fingerprint density at radius 3 is 2.47 bits per heavy atom. The average Bonchev–Trinajstić information content (AvgIpc) is 2.30. The Hall–Kier alpha value is -1.33. The van der Waals surface area contributed by atoms with Crippen molar-refractivity contribution in [3.8, 4) is 0 Å². The zero-order chi connectivity index (χ0) is 12.3. The van der Waals surface area contributed by atoms with Crippen LogP contribution in [0, 0.1) is 5.82 Å². The largest absolute Gasteiger partial charge is 0.309 e. The molecule has 1 aromatic heterocycles. The van der Waals surface area contributed by atoms with Crippen molar-refractivity contribution in [2.45, 2.75) is 6.04 Å². The summed E-state index contributed by atoms with van der Waals surface area (Å²) >= 11 is 3.28. The van der Waals surface area contributed by atoms with Gasteiger partial charge in [0.25, 0.3) is 0 Å². The van der Waals surface area contributed by atoms with Crippen LogP contribution >= 0.6 is 15.9 Å². The van der Waals surface area contributed by atoms with Crippen molar-refractivity contribution in [1.82, 2.24) is 15.3 Å². The molecule has 0 saturated carbocycles. The van der Waals surface area contributed by atoms with Gasteiger partial charge in [0.1, 0.15) is 12.1 Å². The Morgan fingerprint density at radius 2 is 1.88 bits per heavy atom. The van der Waals surface area contributed by atoms with Gasteiger partial charge in [0.2, 0.25) is 0 Å². The number of nitrogens with zero attached hydrogens (tertiary/aromatic N) is 2. The lowest BCUT2D eigenvalue weighted by molar-refractivity contribution is 0.615. The van der Waals surface area contributed by atoms with Crippen molar-refractivity contribution in [2.75, 3.05) is 7.05 Å². The lowest BCUT2D eigenvalue weighted by Gasteiger charge is -2.16. The first-order chi connectivity index (χ1) is 8.20. The van der Waals surface area contributed by atoms with Crippen LogP contribution in [0.3, 0.4) is 0 Å². The zero-order valence-corrected chi connectivity index (χ0v) is 10.8. The predicted molar refractivity (Wildman–Crippen MR) is 67.0 cm³/mol. The SMILES string of the molecule is CNC(c1cncnc1)c1cc(F)cc(Br)c1. The van der Waals surface area contributed by atoms with Crippen molar-refractivity contribution in [1.29, 1.82) is 0 Å². The van der Waals surface area contributed by atoms with Gasteiger partial charge in [0, 0.05) is 22.4 Å². The van der Waals surface area contributed by atoms with Crippen LogP contribution in [0.25, 0.3) is 0 Å². The van der Waals surface area contributed by atoms with Crippen LogP contribution in [0.4, 0.5) is 4.39 Å². The third-order valence-electron chi connectivity index (χ3n) is 2.42. The number of nitrogens with one attached hydrogen (secondary N) is 1. The van der Waals surface area contributed by atoms with E-state index in [0.717, 1.165) is 11.1 Å². The summed E-state index contributed by atoms with van der Waals surface area (Å²) < 4.78 is 14.1. The Labute approximate surface area is 107 Å². The van der Waals surface area contributed by atoms with Gasteiger partial charge < -0.3 is 5.32 Å². The summed E-state index contributed by atoms with van der Waals surface area (Å²) in [4.78, 5) is 7.93. The number of halogens is 2. The summed E-state index contributed by atoms with van der Waals surface area (Å²) in [6.45, 7) is 0. The maximum Gasteiger partial charge on any atom is 0.124 e. The van der Waals surface area contributed by atoms with E-state index in [4.69, 9.17) is 0 Å². The molecule has 1 aromatic carbocycles. The summed E-state index contributed by atoms with van der Waals surface area (Å²) in [6, 6.07) is 4.68. The van der Waals surface area contributed by atoms with Gasteiger partial charge in [-0.05, 0) is 30.8 Å². The summed E-state index contributed by atoms with van der Waals surface area (Å²) in [6.07, 6.45) is 4.90. The normalized spacial score (nSPS) is 12.4. The molecule has 0 aliphatic rings. The van der Waals surface area contributed by atoms with Crippen molar-refractivity contribution < 1.29 is 4.39 Å². The quantitative estimate of drug-likeness (QED) is 0.946. The Balaban J connectivity index is 2.42. The second-order valence-electron chi connectivity index (χ2n) is 3.60. The van der Waals surface area contributed by atoms with E-state index < -0.39 is 0 Å². The fraction of sp³-hybridized carbons (Fsp3) is 0.167. The number of hydrogen-bond donors (Lipinski definition) is 1. The highest BCUT2D eigenvalue weighted by Gasteiger charge is 2.13. The van der Waals surface area contributed by atoms with Gasteiger partial charge in [0.05, 0.1) is 6.04 Å². The maximum atomic E-state index is 13.4. The molecule has 1 N–H and O–H groups in total. The van der Waals surface area contributed by atoms with E-state index in [2.05, 4.69) is 31.2 Å². The van der Waals surface area contributed by atoms with Gasteiger partial charge >= 0.3 is 0 Å². The molecule has 3 nitrogen and oxygen atoms in total. The van der Waals surface area contributed by atoms with Crippen LogP contribution in [0.1, 0.15) is 17.2 Å².